The van der Waals surface area contributed by atoms with Crippen LogP contribution in [0.5, 0.6) is 17.2 Å². The molecule has 0 bridgehead atoms. The lowest BCUT2D eigenvalue weighted by molar-refractivity contribution is -0.119. The van der Waals surface area contributed by atoms with Gasteiger partial charge in [0.25, 0.3) is 5.91 Å². The Hall–Kier alpha value is -3.98. The SMILES string of the molecule is COc1ccc(CSCC(=O)N/N=C\c2ccc(OCC(=O)Nc3ccc(OC)cc3)cc2)cc1. The van der Waals surface area contributed by atoms with Crippen molar-refractivity contribution in [1.29, 1.82) is 0 Å². The summed E-state index contributed by atoms with van der Waals surface area (Å²) in [6, 6.07) is 21.8. The highest BCUT2D eigenvalue weighted by Crippen LogP contribution is 2.17. The summed E-state index contributed by atoms with van der Waals surface area (Å²) in [5.74, 6) is 2.64. The molecule has 0 saturated heterocycles. The molecular formula is C26H27N3O5S. The van der Waals surface area contributed by atoms with Gasteiger partial charge in [0.05, 0.1) is 26.2 Å². The van der Waals surface area contributed by atoms with Crippen LogP contribution < -0.4 is 25.0 Å². The van der Waals surface area contributed by atoms with Crippen LogP contribution in [0.3, 0.4) is 0 Å². The number of hydrazone groups is 1. The first-order valence-electron chi connectivity index (χ1n) is 10.7. The Bertz CT molecular complexity index is 1120. The second-order valence-electron chi connectivity index (χ2n) is 7.27. The van der Waals surface area contributed by atoms with Crippen molar-refractivity contribution in [3.8, 4) is 17.2 Å². The summed E-state index contributed by atoms with van der Waals surface area (Å²) >= 11 is 1.50. The zero-order valence-electron chi connectivity index (χ0n) is 19.5. The molecule has 9 heteroatoms. The molecule has 0 aliphatic heterocycles. The fraction of sp³-hybridized carbons (Fsp3) is 0.192. The number of amides is 2. The number of rotatable bonds is 12. The monoisotopic (exact) mass is 493 g/mol. The molecule has 0 atom stereocenters. The molecule has 3 aromatic carbocycles. The predicted octanol–water partition coefficient (Wildman–Crippen LogP) is 4.10. The Labute approximate surface area is 208 Å². The standard InChI is InChI=1S/C26H27N3O5S/c1-32-22-9-5-20(6-10-22)17-35-18-26(31)29-27-15-19-3-11-24(12-4-19)34-16-25(30)28-21-7-13-23(33-2)14-8-21/h3-15H,16-18H2,1-2H3,(H,28,30)(H,29,31)/b27-15-. The Balaban J connectivity index is 1.34. The van der Waals surface area contributed by atoms with E-state index < -0.39 is 0 Å². The van der Waals surface area contributed by atoms with Gasteiger partial charge in [0.15, 0.2) is 6.61 Å². The first-order chi connectivity index (χ1) is 17.1. The maximum atomic E-state index is 12.1. The molecule has 0 aromatic heterocycles. The summed E-state index contributed by atoms with van der Waals surface area (Å²) in [4.78, 5) is 24.0. The van der Waals surface area contributed by atoms with Gasteiger partial charge in [-0.1, -0.05) is 12.1 Å². The van der Waals surface area contributed by atoms with Crippen LogP contribution in [-0.4, -0.2) is 44.6 Å². The number of ether oxygens (including phenoxy) is 3. The first-order valence-corrected chi connectivity index (χ1v) is 11.9. The molecule has 0 saturated carbocycles. The van der Waals surface area contributed by atoms with Crippen molar-refractivity contribution in [3.63, 3.8) is 0 Å². The molecule has 0 heterocycles. The average molecular weight is 494 g/mol. The number of carbonyl (C=O) groups excluding carboxylic acids is 2. The van der Waals surface area contributed by atoms with E-state index in [2.05, 4.69) is 15.8 Å². The zero-order valence-corrected chi connectivity index (χ0v) is 20.3. The van der Waals surface area contributed by atoms with Crippen LogP contribution in [0, 0.1) is 0 Å². The quantitative estimate of drug-likeness (QED) is 0.291. The number of thioether (sulfide) groups is 1. The third kappa shape index (κ3) is 9.05. The molecule has 182 valence electrons. The molecule has 35 heavy (non-hydrogen) atoms. The summed E-state index contributed by atoms with van der Waals surface area (Å²) < 4.78 is 15.7. The van der Waals surface area contributed by atoms with Crippen molar-refractivity contribution < 1.29 is 23.8 Å². The van der Waals surface area contributed by atoms with Gasteiger partial charge in [0.2, 0.25) is 5.91 Å². The van der Waals surface area contributed by atoms with Gasteiger partial charge in [-0.15, -0.1) is 11.8 Å². The summed E-state index contributed by atoms with van der Waals surface area (Å²) in [5, 5.41) is 6.74. The number of nitrogens with one attached hydrogen (secondary N) is 2. The van der Waals surface area contributed by atoms with E-state index in [-0.39, 0.29) is 18.4 Å². The lowest BCUT2D eigenvalue weighted by Crippen LogP contribution is -2.20. The third-order valence-corrected chi connectivity index (χ3v) is 5.69. The van der Waals surface area contributed by atoms with E-state index >= 15 is 0 Å². The molecule has 0 fully saturated rings. The molecular weight excluding hydrogens is 466 g/mol. The minimum atomic E-state index is -0.270. The summed E-state index contributed by atoms with van der Waals surface area (Å²) in [6.45, 7) is -0.121. The first kappa shape index (κ1) is 25.6. The van der Waals surface area contributed by atoms with Gasteiger partial charge < -0.3 is 19.5 Å². The Morgan fingerprint density at radius 2 is 1.43 bits per heavy atom. The molecule has 3 rings (SSSR count). The van der Waals surface area contributed by atoms with E-state index in [1.807, 2.05) is 24.3 Å². The molecule has 0 radical (unpaired) electrons. The van der Waals surface area contributed by atoms with Crippen molar-refractivity contribution in [3.05, 3.63) is 83.9 Å². The highest BCUT2D eigenvalue weighted by atomic mass is 32.2. The van der Waals surface area contributed by atoms with Crippen LogP contribution in [0.1, 0.15) is 11.1 Å². The lowest BCUT2D eigenvalue weighted by atomic mass is 10.2. The predicted molar refractivity (Wildman–Crippen MR) is 138 cm³/mol. The molecule has 0 unspecified atom stereocenters. The van der Waals surface area contributed by atoms with Gasteiger partial charge in [-0.25, -0.2) is 5.43 Å². The second kappa shape index (κ2) is 13.7. The average Bonchev–Trinajstić information content (AvgIpc) is 2.89. The van der Waals surface area contributed by atoms with Gasteiger partial charge >= 0.3 is 0 Å². The number of methoxy groups -OCH3 is 2. The minimum Gasteiger partial charge on any atom is -0.497 e. The Morgan fingerprint density at radius 3 is 2.06 bits per heavy atom. The van der Waals surface area contributed by atoms with E-state index in [4.69, 9.17) is 14.2 Å². The van der Waals surface area contributed by atoms with Gasteiger partial charge in [0.1, 0.15) is 17.2 Å². The van der Waals surface area contributed by atoms with Crippen molar-refractivity contribution in [2.45, 2.75) is 5.75 Å². The minimum absolute atomic E-state index is 0.121. The van der Waals surface area contributed by atoms with E-state index in [1.54, 1.807) is 69.0 Å². The van der Waals surface area contributed by atoms with Crippen LogP contribution in [-0.2, 0) is 15.3 Å². The molecule has 3 aromatic rings. The molecule has 8 nitrogen and oxygen atoms in total. The molecule has 0 aliphatic carbocycles. The number of nitrogens with zero attached hydrogens (tertiary/aromatic N) is 1. The topological polar surface area (TPSA) is 98.3 Å². The molecule has 2 N–H and O–H groups in total. The highest BCUT2D eigenvalue weighted by molar-refractivity contribution is 7.99. The van der Waals surface area contributed by atoms with Crippen LogP contribution in [0.4, 0.5) is 5.69 Å². The van der Waals surface area contributed by atoms with Crippen molar-refractivity contribution >= 4 is 35.5 Å². The van der Waals surface area contributed by atoms with Gasteiger partial charge in [-0.05, 0) is 71.8 Å². The zero-order chi connectivity index (χ0) is 24.9. The second-order valence-corrected chi connectivity index (χ2v) is 8.25. The fourth-order valence-electron chi connectivity index (χ4n) is 2.86. The number of hydrogen-bond acceptors (Lipinski definition) is 7. The van der Waals surface area contributed by atoms with Crippen LogP contribution in [0.15, 0.2) is 77.9 Å². The van der Waals surface area contributed by atoms with Crippen molar-refractivity contribution in [2.75, 3.05) is 31.9 Å². The molecule has 2 amide bonds. The molecule has 0 aliphatic rings. The summed E-state index contributed by atoms with van der Waals surface area (Å²) in [7, 11) is 3.21. The normalized spacial score (nSPS) is 10.6. The summed E-state index contributed by atoms with van der Waals surface area (Å²) in [6.07, 6.45) is 1.55. The maximum absolute atomic E-state index is 12.1. The van der Waals surface area contributed by atoms with Crippen LogP contribution >= 0.6 is 11.8 Å². The lowest BCUT2D eigenvalue weighted by Gasteiger charge is -2.08. The third-order valence-electron chi connectivity index (χ3n) is 4.69. The number of hydrogen-bond donors (Lipinski definition) is 2. The van der Waals surface area contributed by atoms with E-state index in [0.717, 1.165) is 22.6 Å². The van der Waals surface area contributed by atoms with Crippen molar-refractivity contribution in [2.24, 2.45) is 5.10 Å². The Morgan fingerprint density at radius 1 is 0.829 bits per heavy atom. The molecule has 0 spiro atoms. The van der Waals surface area contributed by atoms with E-state index in [0.29, 0.717) is 22.9 Å². The summed E-state index contributed by atoms with van der Waals surface area (Å²) in [5.41, 5.74) is 5.08. The largest absolute Gasteiger partial charge is 0.497 e. The number of anilines is 1. The van der Waals surface area contributed by atoms with Crippen molar-refractivity contribution in [1.82, 2.24) is 5.43 Å². The highest BCUT2D eigenvalue weighted by Gasteiger charge is 2.05. The fourth-order valence-corrected chi connectivity index (χ4v) is 3.65. The maximum Gasteiger partial charge on any atom is 0.262 e. The van der Waals surface area contributed by atoms with Crippen LogP contribution in [0.2, 0.25) is 0 Å². The number of carbonyl (C=O) groups is 2. The van der Waals surface area contributed by atoms with Gasteiger partial charge in [-0.2, -0.15) is 5.10 Å². The van der Waals surface area contributed by atoms with E-state index in [9.17, 15) is 9.59 Å². The van der Waals surface area contributed by atoms with E-state index in [1.165, 1.54) is 11.8 Å². The van der Waals surface area contributed by atoms with Gasteiger partial charge in [0, 0.05) is 11.4 Å². The Kier molecular flexibility index (Phi) is 10.0. The van der Waals surface area contributed by atoms with Gasteiger partial charge in [-0.3, -0.25) is 9.59 Å². The van der Waals surface area contributed by atoms with Crippen LogP contribution in [0.25, 0.3) is 0 Å². The smallest absolute Gasteiger partial charge is 0.262 e. The number of benzene rings is 3.